The standard InChI is InChI=1S/C35H44N4O6/c1-20-15-21(2)24(5)45-32(41)18-30(25-11-13-27(40)14-12-25)38-34(43)31(17-26-19-36-29-10-8-7-9-28(26)29)39(6)35(44)23(4)37-33(42)22(3)16-20/h7-15,19,21-24,30-31,36,40H,16-18H2,1-6H3,(H,37,42)(H,38,43)/b20-15-/t21-,22-,23-,24-,30?,31+/m0/s1. The summed E-state index contributed by atoms with van der Waals surface area (Å²) in [5, 5.41) is 16.6. The molecule has 3 amide bonds. The van der Waals surface area contributed by atoms with Gasteiger partial charge in [-0.05, 0) is 56.5 Å². The number of aromatic hydroxyl groups is 1. The third-order valence-corrected chi connectivity index (χ3v) is 8.60. The molecule has 10 nitrogen and oxygen atoms in total. The molecular weight excluding hydrogens is 572 g/mol. The largest absolute Gasteiger partial charge is 0.508 e. The van der Waals surface area contributed by atoms with Crippen LogP contribution in [0.15, 0.2) is 66.4 Å². The van der Waals surface area contributed by atoms with Crippen LogP contribution in [0.25, 0.3) is 10.9 Å². The van der Waals surface area contributed by atoms with Crippen molar-refractivity contribution in [3.8, 4) is 5.75 Å². The molecule has 0 radical (unpaired) electrons. The van der Waals surface area contributed by atoms with E-state index in [4.69, 9.17) is 4.74 Å². The first kappa shape index (κ1) is 33.3. The van der Waals surface area contributed by atoms with Crippen molar-refractivity contribution in [1.29, 1.82) is 0 Å². The quantitative estimate of drug-likeness (QED) is 0.251. The SMILES string of the molecule is C/C1=C/[C@H](C)[C@H](C)OC(=O)CC(c2ccc(O)cc2)NC(=O)[C@@H](Cc2c[nH]c3ccccc23)N(C)C(=O)[C@H](C)NC(=O)[C@@H](C)C1. The summed E-state index contributed by atoms with van der Waals surface area (Å²) >= 11 is 0. The summed E-state index contributed by atoms with van der Waals surface area (Å²) in [5.74, 6) is -2.15. The number of aromatic nitrogens is 1. The van der Waals surface area contributed by atoms with E-state index in [1.807, 2.05) is 57.3 Å². The summed E-state index contributed by atoms with van der Waals surface area (Å²) in [6.07, 6.45) is 3.86. The summed E-state index contributed by atoms with van der Waals surface area (Å²) in [5.41, 5.74) is 3.30. The second-order valence-corrected chi connectivity index (χ2v) is 12.3. The van der Waals surface area contributed by atoms with Crippen molar-refractivity contribution in [3.05, 3.63) is 77.5 Å². The number of amides is 3. The molecule has 0 saturated heterocycles. The molecule has 0 bridgehead atoms. The lowest BCUT2D eigenvalue weighted by Gasteiger charge is -2.32. The van der Waals surface area contributed by atoms with Crippen LogP contribution in [-0.2, 0) is 30.3 Å². The van der Waals surface area contributed by atoms with Gasteiger partial charge in [-0.1, -0.05) is 55.8 Å². The molecule has 3 aromatic rings. The number of allylic oxidation sites excluding steroid dienone is 1. The second-order valence-electron chi connectivity index (χ2n) is 12.3. The fraction of sp³-hybridized carbons (Fsp3) is 0.429. The number of rotatable bonds is 3. The zero-order valence-electron chi connectivity index (χ0n) is 26.8. The number of benzene rings is 2. The molecule has 1 aliphatic heterocycles. The summed E-state index contributed by atoms with van der Waals surface area (Å²) in [7, 11) is 1.55. The Balaban J connectivity index is 1.73. The predicted octanol–water partition coefficient (Wildman–Crippen LogP) is 4.55. The Morgan fingerprint density at radius 2 is 1.60 bits per heavy atom. The maximum Gasteiger partial charge on any atom is 0.308 e. The summed E-state index contributed by atoms with van der Waals surface area (Å²) in [4.78, 5) is 58.8. The lowest BCUT2D eigenvalue weighted by Crippen LogP contribution is -2.55. The van der Waals surface area contributed by atoms with Crippen molar-refractivity contribution >= 4 is 34.6 Å². The van der Waals surface area contributed by atoms with E-state index in [2.05, 4.69) is 15.6 Å². The topological polar surface area (TPSA) is 141 Å². The fourth-order valence-electron chi connectivity index (χ4n) is 5.77. The van der Waals surface area contributed by atoms with Crippen molar-refractivity contribution < 1.29 is 29.0 Å². The van der Waals surface area contributed by atoms with Crippen molar-refractivity contribution in [2.45, 2.75) is 78.1 Å². The lowest BCUT2D eigenvalue weighted by atomic mass is 9.96. The second kappa shape index (κ2) is 14.5. The number of ether oxygens (including phenoxy) is 1. The van der Waals surface area contributed by atoms with Crippen LogP contribution in [0.4, 0.5) is 0 Å². The summed E-state index contributed by atoms with van der Waals surface area (Å²) < 4.78 is 5.80. The van der Waals surface area contributed by atoms with E-state index >= 15 is 0 Å². The molecule has 0 fully saturated rings. The molecule has 4 rings (SSSR count). The zero-order chi connectivity index (χ0) is 32.8. The van der Waals surface area contributed by atoms with Crippen molar-refractivity contribution in [2.24, 2.45) is 11.8 Å². The molecule has 240 valence electrons. The molecule has 45 heavy (non-hydrogen) atoms. The highest BCUT2D eigenvalue weighted by Crippen LogP contribution is 2.25. The van der Waals surface area contributed by atoms with Gasteiger partial charge in [-0.2, -0.15) is 0 Å². The van der Waals surface area contributed by atoms with E-state index in [0.717, 1.165) is 22.0 Å². The number of nitrogens with one attached hydrogen (secondary N) is 3. The molecule has 0 aliphatic carbocycles. The zero-order valence-corrected chi connectivity index (χ0v) is 26.8. The molecule has 2 aromatic carbocycles. The van der Waals surface area contributed by atoms with E-state index < -0.39 is 47.9 Å². The number of hydrogen-bond acceptors (Lipinski definition) is 6. The number of H-pyrrole nitrogens is 1. The van der Waals surface area contributed by atoms with Gasteiger partial charge in [0.05, 0.1) is 12.5 Å². The van der Waals surface area contributed by atoms with E-state index in [1.54, 1.807) is 33.0 Å². The van der Waals surface area contributed by atoms with E-state index in [9.17, 15) is 24.3 Å². The van der Waals surface area contributed by atoms with E-state index in [-0.39, 0.29) is 30.4 Å². The molecule has 1 unspecified atom stereocenters. The molecule has 6 atom stereocenters. The smallest absolute Gasteiger partial charge is 0.308 e. The minimum atomic E-state index is -0.980. The lowest BCUT2D eigenvalue weighted by molar-refractivity contribution is -0.150. The minimum absolute atomic E-state index is 0.0466. The number of para-hydroxylation sites is 1. The molecule has 4 N–H and O–H groups in total. The molecule has 0 spiro atoms. The number of carbonyl (C=O) groups excluding carboxylic acids is 4. The third-order valence-electron chi connectivity index (χ3n) is 8.60. The summed E-state index contributed by atoms with van der Waals surface area (Å²) in [6.45, 7) is 9.10. The number of phenols is 1. The van der Waals surface area contributed by atoms with Crippen LogP contribution >= 0.6 is 0 Å². The van der Waals surface area contributed by atoms with Crippen LogP contribution in [0.2, 0.25) is 0 Å². The summed E-state index contributed by atoms with van der Waals surface area (Å²) in [6, 6.07) is 11.3. The fourth-order valence-corrected chi connectivity index (χ4v) is 5.77. The highest BCUT2D eigenvalue weighted by Gasteiger charge is 2.34. The Labute approximate surface area is 264 Å². The van der Waals surface area contributed by atoms with Gasteiger partial charge in [-0.25, -0.2) is 0 Å². The van der Waals surface area contributed by atoms with Gasteiger partial charge in [0.2, 0.25) is 17.7 Å². The van der Waals surface area contributed by atoms with Crippen LogP contribution in [0.1, 0.15) is 64.6 Å². The van der Waals surface area contributed by atoms with Gasteiger partial charge in [-0.15, -0.1) is 0 Å². The Morgan fingerprint density at radius 1 is 0.911 bits per heavy atom. The van der Waals surface area contributed by atoms with Crippen molar-refractivity contribution in [3.63, 3.8) is 0 Å². The predicted molar refractivity (Wildman–Crippen MR) is 172 cm³/mol. The number of aromatic amines is 1. The van der Waals surface area contributed by atoms with Crippen LogP contribution in [-0.4, -0.2) is 63.9 Å². The van der Waals surface area contributed by atoms with Crippen molar-refractivity contribution in [1.82, 2.24) is 20.5 Å². The number of esters is 1. The number of likely N-dealkylation sites (N-methyl/N-ethyl adjacent to an activating group) is 1. The maximum atomic E-state index is 14.1. The molecule has 2 heterocycles. The molecule has 10 heteroatoms. The molecule has 1 aromatic heterocycles. The highest BCUT2D eigenvalue weighted by molar-refractivity contribution is 5.93. The highest BCUT2D eigenvalue weighted by atomic mass is 16.5. The maximum absolute atomic E-state index is 14.1. The van der Waals surface area contributed by atoms with Crippen LogP contribution in [0, 0.1) is 11.8 Å². The number of cyclic esters (lactones) is 1. The molecule has 0 saturated carbocycles. The Hall–Kier alpha value is -4.60. The van der Waals surface area contributed by atoms with Gasteiger partial charge >= 0.3 is 5.97 Å². The van der Waals surface area contributed by atoms with E-state index in [1.165, 1.54) is 17.0 Å². The number of fused-ring (bicyclic) bond motifs is 1. The normalized spacial score (nSPS) is 27.5. The first-order chi connectivity index (χ1) is 21.3. The van der Waals surface area contributed by atoms with Gasteiger partial charge in [-0.3, -0.25) is 19.2 Å². The van der Waals surface area contributed by atoms with Gasteiger partial charge in [0.25, 0.3) is 0 Å². The number of carbonyl (C=O) groups is 4. The monoisotopic (exact) mass is 616 g/mol. The average molecular weight is 617 g/mol. The minimum Gasteiger partial charge on any atom is -0.508 e. The van der Waals surface area contributed by atoms with Crippen LogP contribution in [0.5, 0.6) is 5.75 Å². The number of hydrogen-bond donors (Lipinski definition) is 4. The first-order valence-corrected chi connectivity index (χ1v) is 15.4. The van der Waals surface area contributed by atoms with Gasteiger partial charge in [0.15, 0.2) is 0 Å². The van der Waals surface area contributed by atoms with Gasteiger partial charge in [0.1, 0.15) is 23.9 Å². The van der Waals surface area contributed by atoms with Crippen LogP contribution in [0.3, 0.4) is 0 Å². The van der Waals surface area contributed by atoms with E-state index in [0.29, 0.717) is 12.0 Å². The molecular formula is C35H44N4O6. The van der Waals surface area contributed by atoms with Crippen LogP contribution < -0.4 is 10.6 Å². The molecule has 1 aliphatic rings. The number of nitrogens with zero attached hydrogens (tertiary/aromatic N) is 1. The average Bonchev–Trinajstić information content (AvgIpc) is 3.41. The Morgan fingerprint density at radius 3 is 2.31 bits per heavy atom. The van der Waals surface area contributed by atoms with Gasteiger partial charge < -0.3 is 30.4 Å². The Bertz CT molecular complexity index is 1560. The third kappa shape index (κ3) is 8.32. The Kier molecular flexibility index (Phi) is 10.7. The first-order valence-electron chi connectivity index (χ1n) is 15.4. The van der Waals surface area contributed by atoms with Crippen molar-refractivity contribution in [2.75, 3.05) is 7.05 Å². The number of phenolic OH excluding ortho intramolecular Hbond substituents is 1. The van der Waals surface area contributed by atoms with Gasteiger partial charge in [0, 0.05) is 42.4 Å².